The first kappa shape index (κ1) is 16.8. The predicted molar refractivity (Wildman–Crippen MR) is 101 cm³/mol. The van der Waals surface area contributed by atoms with Crippen molar-refractivity contribution in [3.8, 4) is 0 Å². The molecule has 4 amide bonds. The highest BCUT2D eigenvalue weighted by molar-refractivity contribution is 9.10. The second-order valence-corrected chi connectivity index (χ2v) is 7.30. The zero-order valence-corrected chi connectivity index (χ0v) is 15.5. The van der Waals surface area contributed by atoms with Gasteiger partial charge in [0.05, 0.1) is 5.69 Å². The minimum atomic E-state index is -0.350. The van der Waals surface area contributed by atoms with Crippen LogP contribution in [0.2, 0.25) is 0 Å². The number of fused-ring (bicyclic) bond motifs is 1. The molecule has 2 aliphatic rings. The Kier molecular flexibility index (Phi) is 4.24. The van der Waals surface area contributed by atoms with Gasteiger partial charge in [-0.3, -0.25) is 9.59 Å². The number of imide groups is 1. The van der Waals surface area contributed by atoms with Crippen molar-refractivity contribution in [1.29, 1.82) is 0 Å². The zero-order chi connectivity index (χ0) is 18.3. The molecule has 0 spiro atoms. The molecule has 0 unspecified atom stereocenters. The summed E-state index contributed by atoms with van der Waals surface area (Å²) in [6.45, 7) is 0.400. The number of anilines is 2. The van der Waals surface area contributed by atoms with E-state index in [9.17, 15) is 14.4 Å². The van der Waals surface area contributed by atoms with Crippen LogP contribution in [0.25, 0.3) is 0 Å². The number of carbonyl (C=O) groups is 3. The Morgan fingerprint density at radius 1 is 1.04 bits per heavy atom. The lowest BCUT2D eigenvalue weighted by atomic mass is 10.0. The standard InChI is InChI=1S/C19H16BrN3O3/c20-14-3-1-2-12(8-14)10-22-11-18(25)23(19(22)26)15-6-4-13-5-7-17(24)21-16(13)9-15/h1-4,6,8-9H,5,7,10-11H2,(H,21,24). The number of rotatable bonds is 3. The maximum Gasteiger partial charge on any atom is 0.332 e. The largest absolute Gasteiger partial charge is 0.332 e. The van der Waals surface area contributed by atoms with Crippen LogP contribution in [0.4, 0.5) is 16.2 Å². The van der Waals surface area contributed by atoms with E-state index in [0.717, 1.165) is 15.6 Å². The summed E-state index contributed by atoms with van der Waals surface area (Å²) in [7, 11) is 0. The van der Waals surface area contributed by atoms with Crippen LogP contribution in [-0.4, -0.2) is 29.3 Å². The van der Waals surface area contributed by atoms with Gasteiger partial charge in [0.15, 0.2) is 0 Å². The smallest absolute Gasteiger partial charge is 0.326 e. The molecule has 2 heterocycles. The van der Waals surface area contributed by atoms with Crippen molar-refractivity contribution >= 4 is 45.2 Å². The summed E-state index contributed by atoms with van der Waals surface area (Å²) < 4.78 is 0.926. The third-order valence-corrected chi connectivity index (χ3v) is 5.04. The highest BCUT2D eigenvalue weighted by atomic mass is 79.9. The summed E-state index contributed by atoms with van der Waals surface area (Å²) in [5.41, 5.74) is 3.11. The minimum Gasteiger partial charge on any atom is -0.326 e. The second-order valence-electron chi connectivity index (χ2n) is 6.39. The van der Waals surface area contributed by atoms with Crippen LogP contribution in [-0.2, 0) is 22.6 Å². The SMILES string of the molecule is O=C1CCc2ccc(N3C(=O)CN(Cc4cccc(Br)c4)C3=O)cc2N1. The number of carbonyl (C=O) groups excluding carboxylic acids is 3. The Balaban J connectivity index is 1.58. The zero-order valence-electron chi connectivity index (χ0n) is 13.9. The molecule has 7 heteroatoms. The van der Waals surface area contributed by atoms with Crippen LogP contribution >= 0.6 is 15.9 Å². The van der Waals surface area contributed by atoms with E-state index >= 15 is 0 Å². The first-order valence-corrected chi connectivity index (χ1v) is 9.09. The fourth-order valence-electron chi connectivity index (χ4n) is 3.28. The van der Waals surface area contributed by atoms with E-state index in [1.807, 2.05) is 30.3 Å². The fourth-order valence-corrected chi connectivity index (χ4v) is 3.73. The Hall–Kier alpha value is -2.67. The van der Waals surface area contributed by atoms with Gasteiger partial charge >= 0.3 is 6.03 Å². The topological polar surface area (TPSA) is 69.7 Å². The summed E-state index contributed by atoms with van der Waals surface area (Å²) in [6, 6.07) is 12.6. The number of halogens is 1. The first-order valence-electron chi connectivity index (χ1n) is 8.30. The molecule has 0 aliphatic carbocycles. The number of aryl methyl sites for hydroxylation is 1. The monoisotopic (exact) mass is 413 g/mol. The molecular weight excluding hydrogens is 398 g/mol. The molecule has 2 aromatic rings. The van der Waals surface area contributed by atoms with Crippen molar-refractivity contribution in [1.82, 2.24) is 4.90 Å². The maximum absolute atomic E-state index is 12.8. The van der Waals surface area contributed by atoms with Gasteiger partial charge in [-0.2, -0.15) is 0 Å². The number of hydrogen-bond donors (Lipinski definition) is 1. The normalized spacial score (nSPS) is 16.7. The van der Waals surface area contributed by atoms with E-state index < -0.39 is 0 Å². The van der Waals surface area contributed by atoms with Crippen molar-refractivity contribution in [2.75, 3.05) is 16.8 Å². The Bertz CT molecular complexity index is 928. The van der Waals surface area contributed by atoms with Gasteiger partial charge in [-0.1, -0.05) is 34.1 Å². The van der Waals surface area contributed by atoms with Gasteiger partial charge in [0.1, 0.15) is 6.54 Å². The molecule has 0 bridgehead atoms. The molecule has 1 saturated heterocycles. The fraction of sp³-hybridized carbons (Fsp3) is 0.211. The number of nitrogens with one attached hydrogen (secondary N) is 1. The van der Waals surface area contributed by atoms with Crippen molar-refractivity contribution < 1.29 is 14.4 Å². The van der Waals surface area contributed by atoms with E-state index in [2.05, 4.69) is 21.2 Å². The highest BCUT2D eigenvalue weighted by Gasteiger charge is 2.37. The molecule has 2 aromatic carbocycles. The molecule has 0 saturated carbocycles. The minimum absolute atomic E-state index is 0.0365. The molecule has 2 aliphatic heterocycles. The molecule has 1 N–H and O–H groups in total. The van der Waals surface area contributed by atoms with Gasteiger partial charge < -0.3 is 10.2 Å². The summed E-state index contributed by atoms with van der Waals surface area (Å²) in [5.74, 6) is -0.322. The number of hydrogen-bond acceptors (Lipinski definition) is 3. The summed E-state index contributed by atoms with van der Waals surface area (Å²) in [5, 5.41) is 2.80. The van der Waals surface area contributed by atoms with Crippen LogP contribution in [0.3, 0.4) is 0 Å². The Morgan fingerprint density at radius 3 is 2.69 bits per heavy atom. The molecule has 26 heavy (non-hydrogen) atoms. The third kappa shape index (κ3) is 3.10. The van der Waals surface area contributed by atoms with Crippen molar-refractivity contribution in [3.63, 3.8) is 0 Å². The van der Waals surface area contributed by atoms with Gasteiger partial charge in [-0.15, -0.1) is 0 Å². The van der Waals surface area contributed by atoms with Crippen LogP contribution in [0.1, 0.15) is 17.5 Å². The Morgan fingerprint density at radius 2 is 1.88 bits per heavy atom. The van der Waals surface area contributed by atoms with E-state index in [4.69, 9.17) is 0 Å². The lowest BCUT2D eigenvalue weighted by molar-refractivity contribution is -0.117. The lowest BCUT2D eigenvalue weighted by Crippen LogP contribution is -2.33. The van der Waals surface area contributed by atoms with Crippen LogP contribution in [0.15, 0.2) is 46.9 Å². The van der Waals surface area contributed by atoms with E-state index in [0.29, 0.717) is 30.8 Å². The van der Waals surface area contributed by atoms with Gasteiger partial charge in [-0.05, 0) is 41.8 Å². The van der Waals surface area contributed by atoms with Crippen LogP contribution in [0, 0.1) is 0 Å². The van der Waals surface area contributed by atoms with Gasteiger partial charge in [-0.25, -0.2) is 9.69 Å². The van der Waals surface area contributed by atoms with Crippen molar-refractivity contribution in [2.45, 2.75) is 19.4 Å². The number of amides is 4. The quantitative estimate of drug-likeness (QED) is 0.784. The summed E-state index contributed by atoms with van der Waals surface area (Å²) in [6.07, 6.45) is 1.12. The molecule has 6 nitrogen and oxygen atoms in total. The molecular formula is C19H16BrN3O3. The van der Waals surface area contributed by atoms with Gasteiger partial charge in [0, 0.05) is 23.1 Å². The molecule has 0 atom stereocenters. The lowest BCUT2D eigenvalue weighted by Gasteiger charge is -2.21. The number of benzene rings is 2. The molecule has 0 radical (unpaired) electrons. The highest BCUT2D eigenvalue weighted by Crippen LogP contribution is 2.30. The molecule has 4 rings (SSSR count). The third-order valence-electron chi connectivity index (χ3n) is 4.55. The van der Waals surface area contributed by atoms with Crippen LogP contribution in [0.5, 0.6) is 0 Å². The summed E-state index contributed by atoms with van der Waals surface area (Å²) in [4.78, 5) is 39.5. The van der Waals surface area contributed by atoms with Gasteiger partial charge in [0.25, 0.3) is 5.91 Å². The van der Waals surface area contributed by atoms with E-state index in [-0.39, 0.29) is 24.4 Å². The average Bonchev–Trinajstić information content (AvgIpc) is 2.88. The Labute approximate surface area is 158 Å². The van der Waals surface area contributed by atoms with Crippen molar-refractivity contribution in [2.24, 2.45) is 0 Å². The number of urea groups is 1. The molecule has 1 fully saturated rings. The van der Waals surface area contributed by atoms with E-state index in [1.54, 1.807) is 12.1 Å². The average molecular weight is 414 g/mol. The van der Waals surface area contributed by atoms with Gasteiger partial charge in [0.2, 0.25) is 5.91 Å². The predicted octanol–water partition coefficient (Wildman–Crippen LogP) is 3.30. The van der Waals surface area contributed by atoms with E-state index in [1.165, 1.54) is 9.80 Å². The summed E-state index contributed by atoms with van der Waals surface area (Å²) >= 11 is 3.41. The maximum atomic E-state index is 12.8. The van der Waals surface area contributed by atoms with Crippen LogP contribution < -0.4 is 10.2 Å². The molecule has 132 valence electrons. The second kappa shape index (κ2) is 6.57. The van der Waals surface area contributed by atoms with Crippen molar-refractivity contribution in [3.05, 3.63) is 58.1 Å². The first-order chi connectivity index (χ1) is 12.5. The number of nitrogens with zero attached hydrogens (tertiary/aromatic N) is 2. The molecule has 0 aromatic heterocycles.